The molecule has 0 radical (unpaired) electrons. The summed E-state index contributed by atoms with van der Waals surface area (Å²) in [6, 6.07) is 3.58. The van der Waals surface area contributed by atoms with Crippen molar-refractivity contribution in [1.29, 1.82) is 0 Å². The van der Waals surface area contributed by atoms with Gasteiger partial charge in [0.05, 0.1) is 12.9 Å². The highest BCUT2D eigenvalue weighted by molar-refractivity contribution is 7.70. The van der Waals surface area contributed by atoms with Crippen molar-refractivity contribution in [3.05, 3.63) is 41.7 Å². The Morgan fingerprint density at radius 1 is 1.23 bits per heavy atom. The number of hydrogen-bond donors (Lipinski definition) is 5. The summed E-state index contributed by atoms with van der Waals surface area (Å²) in [5.41, 5.74) is 1.24. The van der Waals surface area contributed by atoms with Crippen LogP contribution in [-0.4, -0.2) is 75.2 Å². The summed E-state index contributed by atoms with van der Waals surface area (Å²) in [6.07, 6.45) is -2.22. The van der Waals surface area contributed by atoms with Crippen LogP contribution in [0.1, 0.15) is 11.8 Å². The number of hydrogen-bond acceptors (Lipinski definition) is 10. The Morgan fingerprint density at radius 3 is 2.63 bits per heavy atom. The van der Waals surface area contributed by atoms with Gasteiger partial charge in [0, 0.05) is 18.9 Å². The SMILES string of the molecule is O=P(O)(O)CP(=O)(O)OC[C@H]1O[C@@H](n2cnc3c(NCc4ccncc4)nc(Cl)nc32)[C@@H](F)[C@@H]1O. The molecular formula is C17H20ClFN6O8P2. The molecule has 0 spiro atoms. The largest absolute Gasteiger partial charge is 0.387 e. The molecule has 0 aliphatic carbocycles. The molecule has 1 unspecified atom stereocenters. The molecule has 1 saturated heterocycles. The van der Waals surface area contributed by atoms with Crippen LogP contribution in [0.5, 0.6) is 0 Å². The summed E-state index contributed by atoms with van der Waals surface area (Å²) >= 11 is 6.05. The van der Waals surface area contributed by atoms with Gasteiger partial charge in [0.25, 0.3) is 0 Å². The van der Waals surface area contributed by atoms with Gasteiger partial charge in [0.15, 0.2) is 35.3 Å². The van der Waals surface area contributed by atoms with E-state index in [0.29, 0.717) is 6.54 Å². The Kier molecular flexibility index (Phi) is 7.53. The van der Waals surface area contributed by atoms with E-state index in [4.69, 9.17) is 26.1 Å². The lowest BCUT2D eigenvalue weighted by Crippen LogP contribution is -2.31. The van der Waals surface area contributed by atoms with Crippen LogP contribution >= 0.6 is 26.8 Å². The summed E-state index contributed by atoms with van der Waals surface area (Å²) in [5, 5.41) is 13.1. The normalized spacial score (nSPS) is 24.5. The number of halogens is 2. The number of pyridine rings is 1. The molecule has 5 N–H and O–H groups in total. The second-order valence-electron chi connectivity index (χ2n) is 7.61. The van der Waals surface area contributed by atoms with Crippen LogP contribution in [0.4, 0.5) is 10.2 Å². The molecule has 0 aromatic carbocycles. The fourth-order valence-corrected chi connectivity index (χ4v) is 6.15. The summed E-state index contributed by atoms with van der Waals surface area (Å²) in [7, 11) is -9.58. The van der Waals surface area contributed by atoms with E-state index in [9.17, 15) is 23.5 Å². The van der Waals surface area contributed by atoms with Gasteiger partial charge in [-0.25, -0.2) is 9.37 Å². The Hall–Kier alpha value is -2.06. The number of aliphatic hydroxyl groups excluding tert-OH is 1. The third kappa shape index (κ3) is 6.20. The van der Waals surface area contributed by atoms with E-state index in [-0.39, 0.29) is 22.3 Å². The lowest BCUT2D eigenvalue weighted by Gasteiger charge is -2.18. The summed E-state index contributed by atoms with van der Waals surface area (Å²) in [4.78, 5) is 43.7. The maximum absolute atomic E-state index is 15.0. The molecule has 0 saturated carbocycles. The number of nitrogens with one attached hydrogen (secondary N) is 1. The number of ether oxygens (including phenoxy) is 1. The number of imidazole rings is 1. The minimum Gasteiger partial charge on any atom is -0.387 e. The molecule has 0 amide bonds. The van der Waals surface area contributed by atoms with Gasteiger partial charge in [0.2, 0.25) is 5.28 Å². The summed E-state index contributed by atoms with van der Waals surface area (Å²) < 4.78 is 49.1. The van der Waals surface area contributed by atoms with E-state index in [0.717, 1.165) is 5.56 Å². The minimum absolute atomic E-state index is 0.0953. The average Bonchev–Trinajstić information content (AvgIpc) is 3.31. The third-order valence-electron chi connectivity index (χ3n) is 4.97. The van der Waals surface area contributed by atoms with Crippen molar-refractivity contribution in [1.82, 2.24) is 24.5 Å². The first-order valence-electron chi connectivity index (χ1n) is 9.95. The van der Waals surface area contributed by atoms with Crippen molar-refractivity contribution in [3.8, 4) is 0 Å². The van der Waals surface area contributed by atoms with Crippen molar-refractivity contribution in [2.24, 2.45) is 0 Å². The van der Waals surface area contributed by atoms with Crippen molar-refractivity contribution in [2.45, 2.75) is 31.2 Å². The van der Waals surface area contributed by atoms with E-state index >= 15 is 0 Å². The number of rotatable bonds is 9. The van der Waals surface area contributed by atoms with Crippen LogP contribution in [0.15, 0.2) is 30.9 Å². The van der Waals surface area contributed by atoms with Gasteiger partial charge in [-0.2, -0.15) is 9.97 Å². The van der Waals surface area contributed by atoms with Crippen LogP contribution in [0.25, 0.3) is 11.2 Å². The van der Waals surface area contributed by atoms with Gasteiger partial charge in [-0.3, -0.25) is 18.7 Å². The Morgan fingerprint density at radius 2 is 1.94 bits per heavy atom. The van der Waals surface area contributed by atoms with Gasteiger partial charge < -0.3 is 34.4 Å². The van der Waals surface area contributed by atoms with Gasteiger partial charge >= 0.3 is 15.2 Å². The fraction of sp³-hybridized carbons (Fsp3) is 0.412. The van der Waals surface area contributed by atoms with Gasteiger partial charge in [-0.15, -0.1) is 0 Å². The second kappa shape index (κ2) is 10.1. The number of alkyl halides is 1. The predicted molar refractivity (Wildman–Crippen MR) is 119 cm³/mol. The molecule has 3 aromatic heterocycles. The quantitative estimate of drug-likeness (QED) is 0.188. The molecule has 190 valence electrons. The molecule has 1 aliphatic rings. The van der Waals surface area contributed by atoms with E-state index in [1.165, 1.54) is 10.9 Å². The molecule has 5 atom stereocenters. The van der Waals surface area contributed by atoms with Crippen LogP contribution in [0.2, 0.25) is 5.28 Å². The Labute approximate surface area is 201 Å². The molecule has 4 rings (SSSR count). The summed E-state index contributed by atoms with van der Waals surface area (Å²) in [5.74, 6) is -1.16. The Bertz CT molecular complexity index is 1300. The molecule has 0 bridgehead atoms. The van der Waals surface area contributed by atoms with E-state index < -0.39 is 52.3 Å². The first-order valence-corrected chi connectivity index (χ1v) is 13.9. The number of aromatic nitrogens is 5. The molecule has 35 heavy (non-hydrogen) atoms. The topological polar surface area (TPSA) is 202 Å². The Balaban J connectivity index is 1.52. The van der Waals surface area contributed by atoms with Crippen molar-refractivity contribution >= 4 is 43.8 Å². The number of anilines is 1. The van der Waals surface area contributed by atoms with Crippen LogP contribution in [-0.2, 0) is 24.9 Å². The van der Waals surface area contributed by atoms with E-state index in [1.54, 1.807) is 24.5 Å². The molecule has 1 fully saturated rings. The maximum atomic E-state index is 15.0. The zero-order valence-corrected chi connectivity index (χ0v) is 20.2. The first kappa shape index (κ1) is 26.0. The molecule has 14 nitrogen and oxygen atoms in total. The minimum atomic E-state index is -4.85. The van der Waals surface area contributed by atoms with Crippen molar-refractivity contribution in [3.63, 3.8) is 0 Å². The number of fused-ring (bicyclic) bond motifs is 1. The van der Waals surface area contributed by atoms with E-state index in [2.05, 4.69) is 29.8 Å². The molecule has 4 heterocycles. The summed E-state index contributed by atoms with van der Waals surface area (Å²) in [6.45, 7) is -0.440. The molecule has 1 aliphatic heterocycles. The van der Waals surface area contributed by atoms with Gasteiger partial charge in [-0.05, 0) is 29.3 Å². The highest BCUT2D eigenvalue weighted by Gasteiger charge is 2.47. The highest BCUT2D eigenvalue weighted by atomic mass is 35.5. The lowest BCUT2D eigenvalue weighted by molar-refractivity contribution is -0.0425. The van der Waals surface area contributed by atoms with Crippen LogP contribution < -0.4 is 5.32 Å². The van der Waals surface area contributed by atoms with Crippen LogP contribution in [0, 0.1) is 0 Å². The van der Waals surface area contributed by atoms with Crippen molar-refractivity contribution in [2.75, 3.05) is 17.8 Å². The number of aliphatic hydroxyl groups is 1. The van der Waals surface area contributed by atoms with Crippen molar-refractivity contribution < 1.29 is 42.6 Å². The zero-order chi connectivity index (χ0) is 25.4. The molecule has 3 aromatic rings. The van der Waals surface area contributed by atoms with Crippen LogP contribution in [0.3, 0.4) is 0 Å². The average molecular weight is 553 g/mol. The van der Waals surface area contributed by atoms with Gasteiger partial charge in [0.1, 0.15) is 12.2 Å². The smallest absolute Gasteiger partial charge is 0.340 e. The standard InChI is InChI=1S/C17H20ClFN6O8P2/c18-17-23-14(21-5-9-1-3-20-4-2-9)12-15(24-17)25(7-22-12)16-11(19)13(26)10(33-16)6-32-35(30,31)8-34(27,28)29/h1-4,7,10-11,13,16,26H,5-6,8H2,(H,30,31)(H,21,23,24)(H2,27,28,29)/t10-,11+,13-,16-/m1/s1. The lowest BCUT2D eigenvalue weighted by atomic mass is 10.1. The maximum Gasteiger partial charge on any atom is 0.340 e. The predicted octanol–water partition coefficient (Wildman–Crippen LogP) is 1.42. The van der Waals surface area contributed by atoms with Gasteiger partial charge in [-0.1, -0.05) is 0 Å². The fourth-order valence-electron chi connectivity index (χ4n) is 3.41. The zero-order valence-electron chi connectivity index (χ0n) is 17.6. The number of nitrogens with zero attached hydrogens (tertiary/aromatic N) is 5. The van der Waals surface area contributed by atoms with E-state index in [1.807, 2.05) is 0 Å². The third-order valence-corrected chi connectivity index (χ3v) is 8.60. The highest BCUT2D eigenvalue weighted by Crippen LogP contribution is 2.55. The molecular weight excluding hydrogens is 533 g/mol. The molecule has 18 heteroatoms. The monoisotopic (exact) mass is 552 g/mol. The first-order chi connectivity index (χ1) is 16.4. The second-order valence-corrected chi connectivity index (χ2v) is 11.9.